The second-order valence-corrected chi connectivity index (χ2v) is 6.11. The van der Waals surface area contributed by atoms with Gasteiger partial charge in [-0.15, -0.1) is 0 Å². The fourth-order valence-electron chi connectivity index (χ4n) is 2.99. The first-order valence-electron chi connectivity index (χ1n) is 8.38. The van der Waals surface area contributed by atoms with Crippen LogP contribution in [0.5, 0.6) is 5.75 Å². The van der Waals surface area contributed by atoms with E-state index in [0.29, 0.717) is 24.4 Å². The Labute approximate surface area is 150 Å². The molecule has 7 heteroatoms. The second-order valence-electron chi connectivity index (χ2n) is 6.11. The lowest BCUT2D eigenvalue weighted by Crippen LogP contribution is -2.33. The Balaban J connectivity index is 1.49. The van der Waals surface area contributed by atoms with Crippen molar-refractivity contribution in [1.29, 1.82) is 0 Å². The smallest absolute Gasteiger partial charge is 0.492 e. The third-order valence-corrected chi connectivity index (χ3v) is 4.25. The second kappa shape index (κ2) is 7.15. The first-order chi connectivity index (χ1) is 12.7. The lowest BCUT2D eigenvalue weighted by molar-refractivity contribution is -0.115. The number of fused-ring (bicyclic) bond motifs is 2. The van der Waals surface area contributed by atoms with E-state index < -0.39 is 7.12 Å². The quantitative estimate of drug-likeness (QED) is 0.702. The Morgan fingerprint density at radius 2 is 2.08 bits per heavy atom. The van der Waals surface area contributed by atoms with Crippen molar-refractivity contribution in [2.45, 2.75) is 6.42 Å². The summed E-state index contributed by atoms with van der Waals surface area (Å²) in [5.41, 5.74) is 2.06. The molecular formula is C19H17BN2O4. The minimum atomic E-state index is -1.04. The number of hydrogen-bond acceptors (Lipinski definition) is 5. The summed E-state index contributed by atoms with van der Waals surface area (Å²) in [5.74, 6) is 0.450. The predicted octanol–water partition coefficient (Wildman–Crippen LogP) is 1.51. The summed E-state index contributed by atoms with van der Waals surface area (Å²) in [7, 11) is -1.04. The molecular weight excluding hydrogens is 331 g/mol. The van der Waals surface area contributed by atoms with Gasteiger partial charge in [0.1, 0.15) is 12.4 Å². The normalized spacial score (nSPS) is 13.7. The van der Waals surface area contributed by atoms with E-state index in [1.807, 2.05) is 30.3 Å². The Bertz CT molecular complexity index is 963. The van der Waals surface area contributed by atoms with Crippen LogP contribution in [0.1, 0.15) is 5.56 Å². The average molecular weight is 348 g/mol. The van der Waals surface area contributed by atoms with E-state index >= 15 is 0 Å². The standard InChI is InChI=1S/C19H17BN2O4/c23-19(22-16-3-2-15-12-21-6-5-14(15)11-16)10-13-1-4-18-17(9-13)20(24)26-8-7-25-18/h1-6,9,11-12,24H,7-8,10H2,(H,22,23). The van der Waals surface area contributed by atoms with Crippen molar-refractivity contribution in [2.24, 2.45) is 0 Å². The van der Waals surface area contributed by atoms with Gasteiger partial charge in [0.15, 0.2) is 0 Å². The van der Waals surface area contributed by atoms with Gasteiger partial charge in [-0.25, -0.2) is 0 Å². The van der Waals surface area contributed by atoms with Crippen molar-refractivity contribution in [1.82, 2.24) is 4.98 Å². The predicted molar refractivity (Wildman–Crippen MR) is 99.6 cm³/mol. The zero-order chi connectivity index (χ0) is 17.9. The molecule has 0 unspecified atom stereocenters. The maximum Gasteiger partial charge on any atom is 0.495 e. The first-order valence-corrected chi connectivity index (χ1v) is 8.38. The van der Waals surface area contributed by atoms with Crippen LogP contribution < -0.4 is 15.5 Å². The summed E-state index contributed by atoms with van der Waals surface area (Å²) >= 11 is 0. The van der Waals surface area contributed by atoms with Crippen molar-refractivity contribution in [2.75, 3.05) is 18.5 Å². The molecule has 0 saturated heterocycles. The average Bonchev–Trinajstić information content (AvgIpc) is 2.83. The molecule has 6 nitrogen and oxygen atoms in total. The SMILES string of the molecule is O=C(Cc1ccc2c(c1)B(O)OCCO2)Nc1ccc2cnccc2c1. The zero-order valence-electron chi connectivity index (χ0n) is 14.0. The Kier molecular flexibility index (Phi) is 4.56. The maximum absolute atomic E-state index is 12.4. The first kappa shape index (κ1) is 16.6. The third kappa shape index (κ3) is 3.54. The maximum atomic E-state index is 12.4. The summed E-state index contributed by atoms with van der Waals surface area (Å²) in [6, 6.07) is 12.9. The Hall–Kier alpha value is -2.90. The number of benzene rings is 2. The van der Waals surface area contributed by atoms with Gasteiger partial charge in [0, 0.05) is 28.9 Å². The van der Waals surface area contributed by atoms with Crippen LogP contribution in [0.15, 0.2) is 54.9 Å². The van der Waals surface area contributed by atoms with Crippen LogP contribution in [0, 0.1) is 0 Å². The molecule has 0 spiro atoms. The third-order valence-electron chi connectivity index (χ3n) is 4.25. The highest BCUT2D eigenvalue weighted by molar-refractivity contribution is 6.61. The van der Waals surface area contributed by atoms with Crippen LogP contribution in [0.3, 0.4) is 0 Å². The van der Waals surface area contributed by atoms with Crippen LogP contribution in [0.4, 0.5) is 5.69 Å². The lowest BCUT2D eigenvalue weighted by Gasteiger charge is -2.10. The van der Waals surface area contributed by atoms with Crippen molar-refractivity contribution >= 4 is 34.9 Å². The van der Waals surface area contributed by atoms with Crippen molar-refractivity contribution in [3.63, 3.8) is 0 Å². The summed E-state index contributed by atoms with van der Waals surface area (Å²) in [6.07, 6.45) is 3.69. The minimum absolute atomic E-state index is 0.136. The van der Waals surface area contributed by atoms with E-state index in [2.05, 4.69) is 10.3 Å². The van der Waals surface area contributed by atoms with Gasteiger partial charge in [0.2, 0.25) is 5.91 Å². The van der Waals surface area contributed by atoms with E-state index in [4.69, 9.17) is 9.39 Å². The largest absolute Gasteiger partial charge is 0.495 e. The molecule has 1 aliphatic rings. The number of carbonyl (C=O) groups is 1. The number of anilines is 1. The number of aromatic nitrogens is 1. The van der Waals surface area contributed by atoms with E-state index in [1.165, 1.54) is 0 Å². The molecule has 0 fully saturated rings. The van der Waals surface area contributed by atoms with Crippen molar-refractivity contribution in [3.8, 4) is 5.75 Å². The van der Waals surface area contributed by atoms with Gasteiger partial charge >= 0.3 is 7.12 Å². The molecule has 0 atom stereocenters. The molecule has 1 amide bonds. The molecule has 0 bridgehead atoms. The van der Waals surface area contributed by atoms with E-state index in [1.54, 1.807) is 24.5 Å². The van der Waals surface area contributed by atoms with Crippen LogP contribution >= 0.6 is 0 Å². The molecule has 1 aliphatic heterocycles. The highest BCUT2D eigenvalue weighted by atomic mass is 16.6. The molecule has 2 heterocycles. The molecule has 4 rings (SSSR count). The highest BCUT2D eigenvalue weighted by Gasteiger charge is 2.24. The van der Waals surface area contributed by atoms with E-state index in [9.17, 15) is 9.82 Å². The fourth-order valence-corrected chi connectivity index (χ4v) is 2.99. The number of pyridine rings is 1. The topological polar surface area (TPSA) is 80.7 Å². The van der Waals surface area contributed by atoms with Crippen LogP contribution in [0.2, 0.25) is 0 Å². The van der Waals surface area contributed by atoms with Gasteiger partial charge in [-0.3, -0.25) is 9.78 Å². The lowest BCUT2D eigenvalue weighted by atomic mass is 9.78. The molecule has 130 valence electrons. The van der Waals surface area contributed by atoms with Crippen LogP contribution in [-0.2, 0) is 15.9 Å². The monoisotopic (exact) mass is 348 g/mol. The Morgan fingerprint density at radius 3 is 3.00 bits per heavy atom. The molecule has 3 aromatic rings. The Morgan fingerprint density at radius 1 is 1.15 bits per heavy atom. The summed E-state index contributed by atoms with van der Waals surface area (Å²) in [5, 5.41) is 15.0. The summed E-state index contributed by atoms with van der Waals surface area (Å²) in [6.45, 7) is 0.713. The number of ether oxygens (including phenoxy) is 1. The minimum Gasteiger partial charge on any atom is -0.492 e. The number of nitrogens with one attached hydrogen (secondary N) is 1. The summed E-state index contributed by atoms with van der Waals surface area (Å²) < 4.78 is 10.8. The molecule has 0 radical (unpaired) electrons. The van der Waals surface area contributed by atoms with Crippen molar-refractivity contribution < 1.29 is 19.2 Å². The van der Waals surface area contributed by atoms with Crippen LogP contribution in [-0.4, -0.2) is 36.2 Å². The highest BCUT2D eigenvalue weighted by Crippen LogP contribution is 2.19. The number of carbonyl (C=O) groups excluding carboxylic acids is 1. The molecule has 26 heavy (non-hydrogen) atoms. The molecule has 2 aromatic carbocycles. The molecule has 1 aromatic heterocycles. The summed E-state index contributed by atoms with van der Waals surface area (Å²) in [4.78, 5) is 16.5. The number of amides is 1. The van der Waals surface area contributed by atoms with Gasteiger partial charge in [0.25, 0.3) is 0 Å². The molecule has 0 saturated carbocycles. The number of nitrogens with zero attached hydrogens (tertiary/aromatic N) is 1. The van der Waals surface area contributed by atoms with Crippen LogP contribution in [0.25, 0.3) is 10.8 Å². The molecule has 2 N–H and O–H groups in total. The van der Waals surface area contributed by atoms with Gasteiger partial charge in [-0.2, -0.15) is 0 Å². The van der Waals surface area contributed by atoms with Gasteiger partial charge in [-0.05, 0) is 35.2 Å². The van der Waals surface area contributed by atoms with Gasteiger partial charge < -0.3 is 19.7 Å². The van der Waals surface area contributed by atoms with Gasteiger partial charge in [0.05, 0.1) is 13.0 Å². The van der Waals surface area contributed by atoms with Gasteiger partial charge in [-0.1, -0.05) is 18.2 Å². The fraction of sp³-hybridized carbons (Fsp3) is 0.158. The van der Waals surface area contributed by atoms with E-state index in [0.717, 1.165) is 22.0 Å². The zero-order valence-corrected chi connectivity index (χ0v) is 14.0. The van der Waals surface area contributed by atoms with Crippen molar-refractivity contribution in [3.05, 3.63) is 60.4 Å². The number of rotatable bonds is 3. The molecule has 0 aliphatic carbocycles. The number of hydrogen-bond donors (Lipinski definition) is 2. The van der Waals surface area contributed by atoms with E-state index in [-0.39, 0.29) is 12.3 Å².